The van der Waals surface area contributed by atoms with Gasteiger partial charge in [-0.05, 0) is 0 Å². The summed E-state index contributed by atoms with van der Waals surface area (Å²) in [6.07, 6.45) is 0. The number of aliphatic hydroxyl groups is 1. The maximum absolute atomic E-state index is 8.51. The number of nitrogens with zero attached hydrogens (tertiary/aromatic N) is 2. The molecule has 0 radical (unpaired) electrons. The molecule has 0 rings (SSSR count). The first kappa shape index (κ1) is 26.0. The Morgan fingerprint density at radius 3 is 1.11 bits per heavy atom. The van der Waals surface area contributed by atoms with Crippen LogP contribution in [0.2, 0.25) is 0 Å². The number of hydrogen-bond acceptors (Lipinski definition) is 10. The Kier molecular flexibility index (Phi) is 24.1. The highest BCUT2D eigenvalue weighted by Crippen LogP contribution is 1.85. The van der Waals surface area contributed by atoms with Gasteiger partial charge >= 0.3 is 0 Å². The zero-order valence-corrected chi connectivity index (χ0v) is 16.0. The molecule has 0 bridgehead atoms. The van der Waals surface area contributed by atoms with Gasteiger partial charge in [0.2, 0.25) is 4.91 Å². The zero-order chi connectivity index (χ0) is 19.7. The number of ether oxygens (including phenoxy) is 7. The molecule has 0 saturated carbocycles. The molecule has 0 aromatic rings. The molecule has 0 aromatic heterocycles. The van der Waals surface area contributed by atoms with Gasteiger partial charge in [0, 0.05) is 0 Å². The van der Waals surface area contributed by atoms with Gasteiger partial charge in [0.15, 0.2) is 0 Å². The van der Waals surface area contributed by atoms with Gasteiger partial charge in [-0.15, -0.1) is 0 Å². The molecule has 2 N–H and O–H groups in total. The molecule has 0 atom stereocenters. The van der Waals surface area contributed by atoms with Crippen molar-refractivity contribution >= 4 is 0 Å². The summed E-state index contributed by atoms with van der Waals surface area (Å²) in [5.41, 5.74) is 6.46. The highest BCUT2D eigenvalue weighted by molar-refractivity contribution is 4.38. The Bertz CT molecular complexity index is 333. The fraction of sp³-hybridized carbons (Fsp3) is 1.00. The second kappa shape index (κ2) is 25.0. The van der Waals surface area contributed by atoms with E-state index in [1.54, 1.807) is 0 Å². The molecule has 11 nitrogen and oxygen atoms in total. The van der Waals surface area contributed by atoms with E-state index >= 15 is 0 Å². The van der Waals surface area contributed by atoms with Crippen molar-refractivity contribution in [1.29, 1.82) is 5.53 Å². The van der Waals surface area contributed by atoms with E-state index in [4.69, 9.17) is 43.8 Å². The Hall–Kier alpha value is -1.01. The monoisotopic (exact) mass is 396 g/mol. The lowest BCUT2D eigenvalue weighted by atomic mass is 10.6. The molecule has 0 spiro atoms. The molecule has 0 fully saturated rings. The average Bonchev–Trinajstić information content (AvgIpc) is 2.68. The molecule has 0 amide bonds. The highest BCUT2D eigenvalue weighted by Gasteiger charge is 1.95. The Morgan fingerprint density at radius 2 is 0.815 bits per heavy atom. The Balaban J connectivity index is 2.98. The summed E-state index contributed by atoms with van der Waals surface area (Å²) in [6, 6.07) is 0. The molecule has 160 valence electrons. The largest absolute Gasteiger partial charge is 0.394 e. The van der Waals surface area contributed by atoms with Crippen molar-refractivity contribution in [2.24, 2.45) is 5.11 Å². The lowest BCUT2D eigenvalue weighted by molar-refractivity contribution is -0.0213. The summed E-state index contributed by atoms with van der Waals surface area (Å²) >= 11 is 0. The summed E-state index contributed by atoms with van der Waals surface area (Å²) in [5.74, 6) is 0. The van der Waals surface area contributed by atoms with E-state index in [0.717, 1.165) is 0 Å². The molecule has 0 aliphatic heterocycles. The van der Waals surface area contributed by atoms with Crippen LogP contribution in [0.3, 0.4) is 0 Å². The van der Waals surface area contributed by atoms with E-state index in [1.807, 2.05) is 0 Å². The topological polar surface area (TPSA) is 135 Å². The fourth-order valence-corrected chi connectivity index (χ4v) is 1.64. The minimum absolute atomic E-state index is 0.0289. The maximum atomic E-state index is 8.51. The Labute approximate surface area is 160 Å². The van der Waals surface area contributed by atoms with Crippen LogP contribution in [0, 0.1) is 5.53 Å². The molecule has 0 unspecified atom stereocenters. The molecular weight excluding hydrogens is 362 g/mol. The van der Waals surface area contributed by atoms with Crippen molar-refractivity contribution in [3.63, 3.8) is 0 Å². The van der Waals surface area contributed by atoms with Gasteiger partial charge < -0.3 is 38.3 Å². The standard InChI is InChI=1S/C16H34N3O8/c17-19-18-1-3-21-5-7-23-9-11-25-13-15-27-16-14-26-12-10-24-8-6-22-4-2-20/h17,20H,1-16H2/q+1. The lowest BCUT2D eigenvalue weighted by Crippen LogP contribution is -2.14. The quantitative estimate of drug-likeness (QED) is 0.136. The molecule has 11 heteroatoms. The summed E-state index contributed by atoms with van der Waals surface area (Å²) in [7, 11) is 0. The van der Waals surface area contributed by atoms with E-state index in [2.05, 4.69) is 10.0 Å². The molecule has 0 heterocycles. The molecule has 0 aromatic carbocycles. The van der Waals surface area contributed by atoms with Crippen LogP contribution in [0.5, 0.6) is 0 Å². The molecular formula is C16H34N3O8+. The summed E-state index contributed by atoms with van der Waals surface area (Å²) in [4.78, 5) is 2.88. The first-order valence-electron chi connectivity index (χ1n) is 9.10. The van der Waals surface area contributed by atoms with E-state index in [1.165, 1.54) is 0 Å². The third-order valence-electron chi connectivity index (χ3n) is 2.87. The van der Waals surface area contributed by atoms with Gasteiger partial charge in [0.1, 0.15) is 17.2 Å². The predicted octanol–water partition coefficient (Wildman–Crippen LogP) is -0.355. The summed E-state index contributed by atoms with van der Waals surface area (Å²) in [6.45, 7) is 7.22. The fourth-order valence-electron chi connectivity index (χ4n) is 1.64. The normalized spacial score (nSPS) is 10.9. The number of aliphatic hydroxyl groups excluding tert-OH is 1. The SMILES string of the molecule is N=[N+]=NCCOCCOCCOCCOCCOCCOCCOCCO. The molecule has 0 saturated heterocycles. The van der Waals surface area contributed by atoms with E-state index < -0.39 is 0 Å². The third-order valence-corrected chi connectivity index (χ3v) is 2.87. The maximum Gasteiger partial charge on any atom is 0.214 e. The number of hydrogen-bond donors (Lipinski definition) is 2. The van der Waals surface area contributed by atoms with Crippen LogP contribution in [-0.4, -0.2) is 111 Å². The van der Waals surface area contributed by atoms with Gasteiger partial charge in [-0.1, -0.05) is 0 Å². The number of rotatable bonds is 23. The van der Waals surface area contributed by atoms with Crippen LogP contribution in [0.1, 0.15) is 0 Å². The van der Waals surface area contributed by atoms with Crippen molar-refractivity contribution in [3.8, 4) is 0 Å². The van der Waals surface area contributed by atoms with Gasteiger partial charge in [0.05, 0.1) is 99.1 Å². The first-order valence-corrected chi connectivity index (χ1v) is 9.10. The van der Waals surface area contributed by atoms with Crippen LogP contribution in [0.15, 0.2) is 5.11 Å². The Morgan fingerprint density at radius 1 is 0.519 bits per heavy atom. The van der Waals surface area contributed by atoms with Gasteiger partial charge in [-0.25, -0.2) is 0 Å². The van der Waals surface area contributed by atoms with Crippen LogP contribution in [0.25, 0.3) is 0 Å². The molecule has 0 aliphatic rings. The summed E-state index contributed by atoms with van der Waals surface area (Å²) in [5, 5.41) is 12.0. The lowest BCUT2D eigenvalue weighted by Gasteiger charge is -2.08. The van der Waals surface area contributed by atoms with E-state index in [9.17, 15) is 0 Å². The third kappa shape index (κ3) is 25.0. The van der Waals surface area contributed by atoms with Crippen LogP contribution in [-0.2, 0) is 33.2 Å². The molecule has 0 aliphatic carbocycles. The minimum Gasteiger partial charge on any atom is -0.394 e. The zero-order valence-electron chi connectivity index (χ0n) is 16.0. The van der Waals surface area contributed by atoms with Gasteiger partial charge in [-0.3, -0.25) is 0 Å². The van der Waals surface area contributed by atoms with E-state index in [-0.39, 0.29) is 6.61 Å². The minimum atomic E-state index is 0.0289. The first-order chi connectivity index (χ1) is 13.4. The smallest absolute Gasteiger partial charge is 0.214 e. The van der Waals surface area contributed by atoms with Crippen LogP contribution >= 0.6 is 0 Å². The second-order valence-electron chi connectivity index (χ2n) is 4.98. The van der Waals surface area contributed by atoms with Crippen LogP contribution < -0.4 is 4.91 Å². The van der Waals surface area contributed by atoms with Crippen molar-refractivity contribution in [2.45, 2.75) is 0 Å². The second-order valence-corrected chi connectivity index (χ2v) is 4.98. The van der Waals surface area contributed by atoms with Crippen LogP contribution in [0.4, 0.5) is 0 Å². The van der Waals surface area contributed by atoms with Crippen molar-refractivity contribution in [1.82, 2.24) is 4.91 Å². The molecule has 27 heavy (non-hydrogen) atoms. The summed E-state index contributed by atoms with van der Waals surface area (Å²) < 4.78 is 37.0. The highest BCUT2D eigenvalue weighted by atomic mass is 16.6. The van der Waals surface area contributed by atoms with Gasteiger partial charge in [0.25, 0.3) is 0 Å². The van der Waals surface area contributed by atoms with E-state index in [0.29, 0.717) is 99.0 Å². The van der Waals surface area contributed by atoms with Gasteiger partial charge in [-0.2, -0.15) is 0 Å². The number of nitrogens with one attached hydrogen (secondary N) is 1. The van der Waals surface area contributed by atoms with Crippen molar-refractivity contribution in [2.75, 3.05) is 106 Å². The predicted molar refractivity (Wildman–Crippen MR) is 95.0 cm³/mol. The average molecular weight is 396 g/mol. The van der Waals surface area contributed by atoms with Crippen molar-refractivity contribution in [3.05, 3.63) is 0 Å². The van der Waals surface area contributed by atoms with Crippen molar-refractivity contribution < 1.29 is 38.3 Å².